The van der Waals surface area contributed by atoms with E-state index < -0.39 is 12.0 Å². The van der Waals surface area contributed by atoms with Gasteiger partial charge in [-0.25, -0.2) is 0 Å². The van der Waals surface area contributed by atoms with Gasteiger partial charge in [-0.15, -0.1) is 0 Å². The van der Waals surface area contributed by atoms with Crippen LogP contribution in [0.5, 0.6) is 0 Å². The van der Waals surface area contributed by atoms with E-state index in [1.165, 1.54) is 6.92 Å². The molecule has 1 saturated heterocycles. The summed E-state index contributed by atoms with van der Waals surface area (Å²) >= 11 is 5.86. The van der Waals surface area contributed by atoms with Crippen LogP contribution in [-0.2, 0) is 9.59 Å². The van der Waals surface area contributed by atoms with Gasteiger partial charge in [-0.2, -0.15) is 0 Å². The van der Waals surface area contributed by atoms with E-state index in [1.54, 1.807) is 12.1 Å². The van der Waals surface area contributed by atoms with Gasteiger partial charge in [-0.3, -0.25) is 9.59 Å². The Morgan fingerprint density at radius 2 is 2.00 bits per heavy atom. The van der Waals surface area contributed by atoms with Gasteiger partial charge in [-0.05, 0) is 24.6 Å². The molecule has 0 spiro atoms. The van der Waals surface area contributed by atoms with Gasteiger partial charge in [0, 0.05) is 24.0 Å². The number of nitrogens with one attached hydrogen (secondary N) is 2. The molecule has 0 radical (unpaired) electrons. The predicted molar refractivity (Wildman–Crippen MR) is 75.8 cm³/mol. The standard InChI is InChI=1S/C14H17ClN2O3/c1-8(14(19)20)17-13(18)12-7-16-6-11(12)9-2-4-10(15)5-3-9/h2-5,8,11-12,16H,6-7H2,1H3,(H,17,18)(H,19,20)/t8-,11+,12-/m1/s1. The summed E-state index contributed by atoms with van der Waals surface area (Å²) in [7, 11) is 0. The lowest BCUT2D eigenvalue weighted by Gasteiger charge is -2.20. The summed E-state index contributed by atoms with van der Waals surface area (Å²) in [5.74, 6) is -1.50. The molecule has 1 fully saturated rings. The molecule has 0 aliphatic carbocycles. The van der Waals surface area contributed by atoms with Gasteiger partial charge in [0.05, 0.1) is 5.92 Å². The second-order valence-electron chi connectivity index (χ2n) is 4.99. The summed E-state index contributed by atoms with van der Waals surface area (Å²) in [5, 5.41) is 15.2. The monoisotopic (exact) mass is 296 g/mol. The van der Waals surface area contributed by atoms with E-state index in [9.17, 15) is 9.59 Å². The third kappa shape index (κ3) is 3.29. The van der Waals surface area contributed by atoms with Crippen molar-refractivity contribution in [1.82, 2.24) is 10.6 Å². The van der Waals surface area contributed by atoms with Crippen LogP contribution in [-0.4, -0.2) is 36.1 Å². The number of carboxylic acids is 1. The topological polar surface area (TPSA) is 78.4 Å². The van der Waals surface area contributed by atoms with Crippen molar-refractivity contribution in [2.24, 2.45) is 5.92 Å². The lowest BCUT2D eigenvalue weighted by Crippen LogP contribution is -2.43. The summed E-state index contributed by atoms with van der Waals surface area (Å²) in [6, 6.07) is 6.52. The molecule has 2 rings (SSSR count). The number of carbonyl (C=O) groups is 2. The third-order valence-corrected chi connectivity index (χ3v) is 3.83. The second-order valence-corrected chi connectivity index (χ2v) is 5.43. The number of amides is 1. The maximum Gasteiger partial charge on any atom is 0.325 e. The lowest BCUT2D eigenvalue weighted by molar-refractivity contribution is -0.141. The van der Waals surface area contributed by atoms with Crippen molar-refractivity contribution in [3.8, 4) is 0 Å². The van der Waals surface area contributed by atoms with Crippen LogP contribution >= 0.6 is 11.6 Å². The van der Waals surface area contributed by atoms with E-state index >= 15 is 0 Å². The Balaban J connectivity index is 2.09. The van der Waals surface area contributed by atoms with Gasteiger partial charge >= 0.3 is 5.97 Å². The minimum Gasteiger partial charge on any atom is -0.480 e. The van der Waals surface area contributed by atoms with E-state index in [2.05, 4.69) is 10.6 Å². The van der Waals surface area contributed by atoms with E-state index in [4.69, 9.17) is 16.7 Å². The zero-order valence-electron chi connectivity index (χ0n) is 11.1. The first-order valence-corrected chi connectivity index (χ1v) is 6.86. The fourth-order valence-electron chi connectivity index (χ4n) is 2.40. The van der Waals surface area contributed by atoms with Gasteiger partial charge < -0.3 is 15.7 Å². The second kappa shape index (κ2) is 6.24. The summed E-state index contributed by atoms with van der Waals surface area (Å²) in [5.41, 5.74) is 1.03. The molecule has 1 amide bonds. The molecule has 5 nitrogen and oxygen atoms in total. The minimum atomic E-state index is -1.03. The summed E-state index contributed by atoms with van der Waals surface area (Å²) in [6.07, 6.45) is 0. The zero-order valence-corrected chi connectivity index (χ0v) is 11.9. The fraction of sp³-hybridized carbons (Fsp3) is 0.429. The van der Waals surface area contributed by atoms with Crippen LogP contribution in [0.2, 0.25) is 5.02 Å². The molecule has 3 atom stereocenters. The number of benzene rings is 1. The molecule has 0 aromatic heterocycles. The average molecular weight is 297 g/mol. The first-order valence-electron chi connectivity index (χ1n) is 6.48. The highest BCUT2D eigenvalue weighted by Crippen LogP contribution is 2.29. The highest BCUT2D eigenvalue weighted by Gasteiger charge is 2.34. The Hall–Kier alpha value is -1.59. The van der Waals surface area contributed by atoms with Crippen molar-refractivity contribution in [3.05, 3.63) is 34.9 Å². The molecule has 1 heterocycles. The first kappa shape index (κ1) is 14.8. The summed E-state index contributed by atoms with van der Waals surface area (Å²) in [4.78, 5) is 23.0. The molecule has 1 aromatic rings. The molecule has 3 N–H and O–H groups in total. The van der Waals surface area contributed by atoms with Crippen molar-refractivity contribution < 1.29 is 14.7 Å². The van der Waals surface area contributed by atoms with Gasteiger partial charge in [0.1, 0.15) is 6.04 Å². The van der Waals surface area contributed by atoms with Gasteiger partial charge in [0.15, 0.2) is 0 Å². The number of halogens is 1. The average Bonchev–Trinajstić information content (AvgIpc) is 2.88. The highest BCUT2D eigenvalue weighted by atomic mass is 35.5. The number of hydrogen-bond donors (Lipinski definition) is 3. The summed E-state index contributed by atoms with van der Waals surface area (Å²) in [6.45, 7) is 2.70. The van der Waals surface area contributed by atoms with Crippen LogP contribution in [0.3, 0.4) is 0 Å². The molecular weight excluding hydrogens is 280 g/mol. The predicted octanol–water partition coefficient (Wildman–Crippen LogP) is 1.23. The molecule has 1 aromatic carbocycles. The molecule has 20 heavy (non-hydrogen) atoms. The molecule has 0 unspecified atom stereocenters. The summed E-state index contributed by atoms with van der Waals surface area (Å²) < 4.78 is 0. The van der Waals surface area contributed by atoms with E-state index in [1.807, 2.05) is 12.1 Å². The van der Waals surface area contributed by atoms with E-state index in [-0.39, 0.29) is 17.7 Å². The Bertz CT molecular complexity index is 504. The van der Waals surface area contributed by atoms with Crippen molar-refractivity contribution in [2.45, 2.75) is 18.9 Å². The number of rotatable bonds is 4. The largest absolute Gasteiger partial charge is 0.480 e. The zero-order chi connectivity index (χ0) is 14.7. The van der Waals surface area contributed by atoms with Crippen molar-refractivity contribution in [1.29, 1.82) is 0 Å². The van der Waals surface area contributed by atoms with E-state index in [0.717, 1.165) is 5.56 Å². The van der Waals surface area contributed by atoms with Crippen molar-refractivity contribution in [3.63, 3.8) is 0 Å². The number of aliphatic carboxylic acids is 1. The first-order chi connectivity index (χ1) is 9.49. The SMILES string of the molecule is C[C@@H](NC(=O)[C@@H]1CNC[C@H]1c1ccc(Cl)cc1)C(=O)O. The maximum atomic E-state index is 12.2. The molecule has 108 valence electrons. The van der Waals surface area contributed by atoms with Crippen LogP contribution < -0.4 is 10.6 Å². The normalized spacial score (nSPS) is 23.3. The molecule has 6 heteroatoms. The smallest absolute Gasteiger partial charge is 0.325 e. The number of carbonyl (C=O) groups excluding carboxylic acids is 1. The molecular formula is C14H17ClN2O3. The van der Waals surface area contributed by atoms with Crippen LogP contribution in [0, 0.1) is 5.92 Å². The Kier molecular flexibility index (Phi) is 4.62. The number of carboxylic acid groups (broad SMARTS) is 1. The van der Waals surface area contributed by atoms with Crippen LogP contribution in [0.4, 0.5) is 0 Å². The molecule has 1 aliphatic heterocycles. The van der Waals surface area contributed by atoms with Crippen LogP contribution in [0.25, 0.3) is 0 Å². The highest BCUT2D eigenvalue weighted by molar-refractivity contribution is 6.30. The molecule has 1 aliphatic rings. The quantitative estimate of drug-likeness (QED) is 0.781. The number of hydrogen-bond acceptors (Lipinski definition) is 3. The van der Waals surface area contributed by atoms with Crippen LogP contribution in [0.15, 0.2) is 24.3 Å². The van der Waals surface area contributed by atoms with Gasteiger partial charge in [0.2, 0.25) is 5.91 Å². The third-order valence-electron chi connectivity index (χ3n) is 3.58. The van der Waals surface area contributed by atoms with E-state index in [0.29, 0.717) is 18.1 Å². The van der Waals surface area contributed by atoms with Gasteiger partial charge in [0.25, 0.3) is 0 Å². The Labute approximate surface area is 122 Å². The van der Waals surface area contributed by atoms with Crippen molar-refractivity contribution in [2.75, 3.05) is 13.1 Å². The van der Waals surface area contributed by atoms with Crippen LogP contribution in [0.1, 0.15) is 18.4 Å². The van der Waals surface area contributed by atoms with Gasteiger partial charge in [-0.1, -0.05) is 23.7 Å². The van der Waals surface area contributed by atoms with Crippen molar-refractivity contribution >= 4 is 23.5 Å². The Morgan fingerprint density at radius 3 is 2.60 bits per heavy atom. The fourth-order valence-corrected chi connectivity index (χ4v) is 2.52. The maximum absolute atomic E-state index is 12.2. The minimum absolute atomic E-state index is 0.0354. The molecule has 0 bridgehead atoms. The lowest BCUT2D eigenvalue weighted by atomic mass is 9.88. The Morgan fingerprint density at radius 1 is 1.35 bits per heavy atom. The molecule has 0 saturated carbocycles.